The van der Waals surface area contributed by atoms with Crippen LogP contribution in [0.25, 0.3) is 0 Å². The van der Waals surface area contributed by atoms with Crippen LogP contribution in [-0.2, 0) is 10.0 Å². The molecule has 17 heavy (non-hydrogen) atoms. The SMILES string of the molecule is CCCCC(C)NS(=O)(=O)c1cccnc1N. The van der Waals surface area contributed by atoms with E-state index in [9.17, 15) is 8.42 Å². The highest BCUT2D eigenvalue weighted by molar-refractivity contribution is 7.89. The number of unbranched alkanes of at least 4 members (excludes halogenated alkanes) is 1. The van der Waals surface area contributed by atoms with Gasteiger partial charge in [-0.3, -0.25) is 0 Å². The Balaban J connectivity index is 2.79. The fourth-order valence-corrected chi connectivity index (χ4v) is 2.89. The number of rotatable bonds is 6. The minimum atomic E-state index is -3.56. The number of pyridine rings is 1. The van der Waals surface area contributed by atoms with Gasteiger partial charge in [0.2, 0.25) is 10.0 Å². The normalized spacial score (nSPS) is 13.5. The molecule has 0 saturated heterocycles. The molecular weight excluding hydrogens is 238 g/mol. The predicted molar refractivity (Wildman–Crippen MR) is 68.0 cm³/mol. The molecule has 0 bridgehead atoms. The molecule has 96 valence electrons. The molecule has 1 aromatic heterocycles. The molecule has 0 aromatic carbocycles. The van der Waals surface area contributed by atoms with Gasteiger partial charge in [0, 0.05) is 12.2 Å². The van der Waals surface area contributed by atoms with Gasteiger partial charge < -0.3 is 5.73 Å². The van der Waals surface area contributed by atoms with Gasteiger partial charge in [0.05, 0.1) is 0 Å². The molecule has 0 amide bonds. The second-order valence-electron chi connectivity index (χ2n) is 4.05. The molecule has 1 aromatic rings. The van der Waals surface area contributed by atoms with Crippen LogP contribution in [0.15, 0.2) is 23.2 Å². The van der Waals surface area contributed by atoms with Gasteiger partial charge >= 0.3 is 0 Å². The number of nitrogens with zero attached hydrogens (tertiary/aromatic N) is 1. The van der Waals surface area contributed by atoms with Crippen molar-refractivity contribution in [1.29, 1.82) is 0 Å². The third kappa shape index (κ3) is 3.98. The molecule has 5 nitrogen and oxygen atoms in total. The maximum Gasteiger partial charge on any atom is 0.244 e. The van der Waals surface area contributed by atoms with Crippen molar-refractivity contribution in [2.75, 3.05) is 5.73 Å². The smallest absolute Gasteiger partial charge is 0.244 e. The summed E-state index contributed by atoms with van der Waals surface area (Å²) in [5, 5.41) is 0. The molecular formula is C11H19N3O2S. The number of anilines is 1. The van der Waals surface area contributed by atoms with Crippen molar-refractivity contribution >= 4 is 15.8 Å². The highest BCUT2D eigenvalue weighted by Gasteiger charge is 2.19. The minimum Gasteiger partial charge on any atom is -0.383 e. The van der Waals surface area contributed by atoms with Crippen LogP contribution >= 0.6 is 0 Å². The van der Waals surface area contributed by atoms with E-state index in [1.165, 1.54) is 12.3 Å². The quantitative estimate of drug-likeness (QED) is 0.809. The van der Waals surface area contributed by atoms with Crippen LogP contribution in [0.4, 0.5) is 5.82 Å². The summed E-state index contributed by atoms with van der Waals surface area (Å²) in [5.41, 5.74) is 5.55. The van der Waals surface area contributed by atoms with E-state index >= 15 is 0 Å². The Morgan fingerprint density at radius 3 is 2.82 bits per heavy atom. The highest BCUT2D eigenvalue weighted by Crippen LogP contribution is 2.15. The first-order chi connectivity index (χ1) is 7.97. The van der Waals surface area contributed by atoms with Crippen molar-refractivity contribution in [2.24, 2.45) is 0 Å². The summed E-state index contributed by atoms with van der Waals surface area (Å²) < 4.78 is 26.6. The summed E-state index contributed by atoms with van der Waals surface area (Å²) in [6, 6.07) is 2.92. The lowest BCUT2D eigenvalue weighted by Crippen LogP contribution is -2.33. The van der Waals surface area contributed by atoms with Gasteiger partial charge in [-0.25, -0.2) is 18.1 Å². The highest BCUT2D eigenvalue weighted by atomic mass is 32.2. The van der Waals surface area contributed by atoms with Crippen LogP contribution in [-0.4, -0.2) is 19.4 Å². The summed E-state index contributed by atoms with van der Waals surface area (Å²) in [5.74, 6) is 0.0303. The van der Waals surface area contributed by atoms with Crippen LogP contribution < -0.4 is 10.5 Å². The first-order valence-corrected chi connectivity index (χ1v) is 7.18. The van der Waals surface area contributed by atoms with Crippen LogP contribution in [0.5, 0.6) is 0 Å². The van der Waals surface area contributed by atoms with Crippen LogP contribution in [0.1, 0.15) is 33.1 Å². The Bertz CT molecular complexity index is 460. The summed E-state index contributed by atoms with van der Waals surface area (Å²) >= 11 is 0. The number of nitrogens with one attached hydrogen (secondary N) is 1. The fraction of sp³-hybridized carbons (Fsp3) is 0.545. The molecule has 1 unspecified atom stereocenters. The minimum absolute atomic E-state index is 0.0303. The van der Waals surface area contributed by atoms with Gasteiger partial charge in [-0.2, -0.15) is 0 Å². The zero-order chi connectivity index (χ0) is 12.9. The molecule has 0 aliphatic heterocycles. The topological polar surface area (TPSA) is 85.1 Å². The van der Waals surface area contributed by atoms with Crippen LogP contribution in [0, 0.1) is 0 Å². The third-order valence-electron chi connectivity index (χ3n) is 2.44. The van der Waals surface area contributed by atoms with Gasteiger partial charge in [-0.1, -0.05) is 19.8 Å². The molecule has 0 saturated carbocycles. The summed E-state index contributed by atoms with van der Waals surface area (Å²) in [6.07, 6.45) is 4.32. The van der Waals surface area contributed by atoms with Crippen LogP contribution in [0.2, 0.25) is 0 Å². The molecule has 1 heterocycles. The second-order valence-corrected chi connectivity index (χ2v) is 5.73. The van der Waals surface area contributed by atoms with E-state index in [4.69, 9.17) is 5.73 Å². The number of sulfonamides is 1. The van der Waals surface area contributed by atoms with Crippen molar-refractivity contribution < 1.29 is 8.42 Å². The Morgan fingerprint density at radius 2 is 2.24 bits per heavy atom. The number of nitrogens with two attached hydrogens (primary N) is 1. The average molecular weight is 257 g/mol. The van der Waals surface area contributed by atoms with Crippen molar-refractivity contribution in [1.82, 2.24) is 9.71 Å². The largest absolute Gasteiger partial charge is 0.383 e. The lowest BCUT2D eigenvalue weighted by atomic mass is 10.2. The number of hydrogen-bond donors (Lipinski definition) is 2. The van der Waals surface area contributed by atoms with E-state index in [0.29, 0.717) is 0 Å². The van der Waals surface area contributed by atoms with Gasteiger partial charge in [0.25, 0.3) is 0 Å². The van der Waals surface area contributed by atoms with Gasteiger partial charge in [0.1, 0.15) is 10.7 Å². The second kappa shape index (κ2) is 5.97. The zero-order valence-electron chi connectivity index (χ0n) is 10.2. The number of hydrogen-bond acceptors (Lipinski definition) is 4. The Hall–Kier alpha value is -1.14. The Kier molecular flexibility index (Phi) is 4.89. The van der Waals surface area contributed by atoms with Gasteiger partial charge in [-0.05, 0) is 25.5 Å². The molecule has 0 fully saturated rings. The van der Waals surface area contributed by atoms with E-state index in [0.717, 1.165) is 19.3 Å². The fourth-order valence-electron chi connectivity index (χ4n) is 1.53. The van der Waals surface area contributed by atoms with Gasteiger partial charge in [-0.15, -0.1) is 0 Å². The third-order valence-corrected chi connectivity index (χ3v) is 4.07. The van der Waals surface area contributed by atoms with E-state index in [2.05, 4.69) is 16.6 Å². The standard InChI is InChI=1S/C11H19N3O2S/c1-3-4-6-9(2)14-17(15,16)10-7-5-8-13-11(10)12/h5,7-9,14H,3-4,6H2,1-2H3,(H2,12,13). The zero-order valence-corrected chi connectivity index (χ0v) is 11.0. The molecule has 0 radical (unpaired) electrons. The summed E-state index contributed by atoms with van der Waals surface area (Å²) in [6.45, 7) is 3.92. The number of aromatic nitrogens is 1. The average Bonchev–Trinajstić information content (AvgIpc) is 2.26. The monoisotopic (exact) mass is 257 g/mol. The van der Waals surface area contributed by atoms with E-state index in [1.807, 2.05) is 6.92 Å². The van der Waals surface area contributed by atoms with Crippen LogP contribution in [0.3, 0.4) is 0 Å². The molecule has 3 N–H and O–H groups in total. The molecule has 0 aliphatic carbocycles. The maximum absolute atomic E-state index is 12.0. The lowest BCUT2D eigenvalue weighted by Gasteiger charge is -2.14. The molecule has 1 atom stereocenters. The van der Waals surface area contributed by atoms with Crippen molar-refractivity contribution in [2.45, 2.75) is 44.0 Å². The first kappa shape index (κ1) is 13.9. The van der Waals surface area contributed by atoms with Crippen molar-refractivity contribution in [3.8, 4) is 0 Å². The number of nitrogen functional groups attached to an aromatic ring is 1. The molecule has 0 spiro atoms. The Labute approximate surface area is 102 Å². The summed E-state index contributed by atoms with van der Waals surface area (Å²) in [4.78, 5) is 3.82. The predicted octanol–water partition coefficient (Wildman–Crippen LogP) is 1.52. The lowest BCUT2D eigenvalue weighted by molar-refractivity contribution is 0.534. The van der Waals surface area contributed by atoms with E-state index < -0.39 is 10.0 Å². The molecule has 6 heteroatoms. The van der Waals surface area contributed by atoms with Crippen molar-refractivity contribution in [3.05, 3.63) is 18.3 Å². The maximum atomic E-state index is 12.0. The summed E-state index contributed by atoms with van der Waals surface area (Å²) in [7, 11) is -3.56. The van der Waals surface area contributed by atoms with E-state index in [-0.39, 0.29) is 16.8 Å². The molecule has 0 aliphatic rings. The molecule has 1 rings (SSSR count). The Morgan fingerprint density at radius 1 is 1.53 bits per heavy atom. The van der Waals surface area contributed by atoms with E-state index in [1.54, 1.807) is 6.07 Å². The first-order valence-electron chi connectivity index (χ1n) is 5.70. The van der Waals surface area contributed by atoms with Crippen molar-refractivity contribution in [3.63, 3.8) is 0 Å². The van der Waals surface area contributed by atoms with Gasteiger partial charge in [0.15, 0.2) is 0 Å².